The molecule has 1 aliphatic carbocycles. The van der Waals surface area contributed by atoms with Gasteiger partial charge >= 0.3 is 11.9 Å². The van der Waals surface area contributed by atoms with E-state index in [1.54, 1.807) is 39.0 Å². The summed E-state index contributed by atoms with van der Waals surface area (Å²) < 4.78 is 10.4. The minimum atomic E-state index is -0.948. The Hall–Kier alpha value is -2.31. The van der Waals surface area contributed by atoms with Crippen molar-refractivity contribution in [1.29, 1.82) is 0 Å². The quantitative estimate of drug-likeness (QED) is 0.518. The molecule has 0 saturated heterocycles. The van der Waals surface area contributed by atoms with Gasteiger partial charge in [0, 0.05) is 22.9 Å². The summed E-state index contributed by atoms with van der Waals surface area (Å²) in [6.45, 7) is 7.11. The highest BCUT2D eigenvalue weighted by Crippen LogP contribution is 2.46. The Bertz CT molecular complexity index is 1010. The summed E-state index contributed by atoms with van der Waals surface area (Å²) in [5.74, 6) is -3.44. The summed E-state index contributed by atoms with van der Waals surface area (Å²) in [5.41, 5.74) is 2.56. The van der Waals surface area contributed by atoms with Crippen LogP contribution in [0.5, 0.6) is 0 Å². The van der Waals surface area contributed by atoms with Gasteiger partial charge in [-0.3, -0.25) is 9.59 Å². The lowest BCUT2D eigenvalue weighted by atomic mass is 9.69. The molecule has 0 amide bonds. The summed E-state index contributed by atoms with van der Waals surface area (Å²) in [5, 5.41) is 3.87. The van der Waals surface area contributed by atoms with Gasteiger partial charge in [-0.15, -0.1) is 0 Å². The van der Waals surface area contributed by atoms with Gasteiger partial charge in [-0.25, -0.2) is 4.79 Å². The monoisotopic (exact) mass is 465 g/mol. The molecule has 1 aromatic rings. The molecule has 3 rings (SSSR count). The van der Waals surface area contributed by atoms with E-state index in [4.69, 9.17) is 32.7 Å². The molecule has 0 bridgehead atoms. The van der Waals surface area contributed by atoms with Crippen molar-refractivity contribution in [2.24, 2.45) is 11.8 Å². The molecule has 31 heavy (non-hydrogen) atoms. The van der Waals surface area contributed by atoms with Crippen molar-refractivity contribution in [1.82, 2.24) is 5.32 Å². The number of esters is 2. The summed E-state index contributed by atoms with van der Waals surface area (Å²) >= 11 is 12.4. The second-order valence-electron chi connectivity index (χ2n) is 8.16. The predicted octanol–water partition coefficient (Wildman–Crippen LogP) is 4.56. The Morgan fingerprint density at radius 1 is 1.19 bits per heavy atom. The Balaban J connectivity index is 2.21. The van der Waals surface area contributed by atoms with Gasteiger partial charge in [0.25, 0.3) is 0 Å². The highest BCUT2D eigenvalue weighted by Gasteiger charge is 2.47. The first kappa shape index (κ1) is 23.4. The van der Waals surface area contributed by atoms with Gasteiger partial charge in [-0.1, -0.05) is 36.2 Å². The lowest BCUT2D eigenvalue weighted by molar-refractivity contribution is -0.151. The van der Waals surface area contributed by atoms with Crippen molar-refractivity contribution in [2.45, 2.75) is 46.1 Å². The summed E-state index contributed by atoms with van der Waals surface area (Å²) in [6.07, 6.45) is 0.116. The zero-order valence-electron chi connectivity index (χ0n) is 18.0. The van der Waals surface area contributed by atoms with Crippen molar-refractivity contribution in [3.8, 4) is 0 Å². The molecule has 0 fully saturated rings. The van der Waals surface area contributed by atoms with Crippen molar-refractivity contribution >= 4 is 40.9 Å². The van der Waals surface area contributed by atoms with E-state index in [1.807, 2.05) is 6.92 Å². The number of nitrogens with one attached hydrogen (secondary N) is 1. The van der Waals surface area contributed by atoms with Gasteiger partial charge in [0.1, 0.15) is 5.92 Å². The van der Waals surface area contributed by atoms with Crippen molar-refractivity contribution in [3.05, 3.63) is 56.3 Å². The van der Waals surface area contributed by atoms with Gasteiger partial charge in [0.05, 0.1) is 28.8 Å². The van der Waals surface area contributed by atoms with E-state index in [9.17, 15) is 14.4 Å². The zero-order valence-corrected chi connectivity index (χ0v) is 19.6. The Labute approximate surface area is 191 Å². The van der Waals surface area contributed by atoms with Crippen LogP contribution in [0.2, 0.25) is 10.0 Å². The molecule has 1 aliphatic heterocycles. The summed E-state index contributed by atoms with van der Waals surface area (Å²) in [4.78, 5) is 39.0. The highest BCUT2D eigenvalue weighted by atomic mass is 35.5. The van der Waals surface area contributed by atoms with Gasteiger partial charge in [-0.2, -0.15) is 0 Å². The third kappa shape index (κ3) is 4.37. The number of Topliss-reactive ketones (excluding diaryl/α,β-unsaturated/α-hetero) is 1. The van der Waals surface area contributed by atoms with Crippen LogP contribution in [-0.4, -0.2) is 30.9 Å². The topological polar surface area (TPSA) is 81.7 Å². The zero-order chi connectivity index (χ0) is 23.0. The maximum Gasteiger partial charge on any atom is 0.337 e. The van der Waals surface area contributed by atoms with Crippen LogP contribution < -0.4 is 5.32 Å². The van der Waals surface area contributed by atoms with Crippen molar-refractivity contribution in [3.63, 3.8) is 0 Å². The maximum absolute atomic E-state index is 13.6. The number of rotatable bonds is 4. The first-order chi connectivity index (χ1) is 14.6. The number of halogens is 2. The van der Waals surface area contributed by atoms with Gasteiger partial charge < -0.3 is 14.8 Å². The first-order valence-corrected chi connectivity index (χ1v) is 10.8. The standard InChI is InChI=1S/C23H25Cl2NO5/c1-10(2)31-23(29)18-12(4)26-16-8-11(3)17(22(28)30-5)21(27)20(16)19(18)13-6-7-14(24)15(25)9-13/h6-7,9-11,17,19,26H,8H2,1-5H3/t11-,17-,19+/m0/s1. The van der Waals surface area contributed by atoms with E-state index in [0.717, 1.165) is 0 Å². The fraction of sp³-hybridized carbons (Fsp3) is 0.435. The Kier molecular flexibility index (Phi) is 6.82. The number of ether oxygens (including phenoxy) is 2. The number of benzene rings is 1. The van der Waals surface area contributed by atoms with Crippen LogP contribution in [0, 0.1) is 11.8 Å². The number of carbonyl (C=O) groups is 3. The average molecular weight is 466 g/mol. The van der Waals surface area contributed by atoms with Crippen LogP contribution in [0.3, 0.4) is 0 Å². The molecule has 1 heterocycles. The van der Waals surface area contributed by atoms with E-state index in [1.165, 1.54) is 7.11 Å². The lowest BCUT2D eigenvalue weighted by Crippen LogP contribution is -2.43. The SMILES string of the molecule is COC(=O)[C@@H]1C(=O)C2=C(C[C@@H]1C)NC(C)=C(C(=O)OC(C)C)[C@H]2c1ccc(Cl)c(Cl)c1. The largest absolute Gasteiger partial charge is 0.468 e. The molecule has 2 aliphatic rings. The minimum Gasteiger partial charge on any atom is -0.468 e. The van der Waals surface area contributed by atoms with E-state index >= 15 is 0 Å². The predicted molar refractivity (Wildman–Crippen MR) is 118 cm³/mol. The van der Waals surface area contributed by atoms with Crippen LogP contribution >= 0.6 is 23.2 Å². The Morgan fingerprint density at radius 3 is 2.45 bits per heavy atom. The molecule has 166 valence electrons. The van der Waals surface area contributed by atoms with Crippen LogP contribution in [-0.2, 0) is 23.9 Å². The van der Waals surface area contributed by atoms with Crippen LogP contribution in [0.15, 0.2) is 40.7 Å². The van der Waals surface area contributed by atoms with Crippen LogP contribution in [0.4, 0.5) is 0 Å². The van der Waals surface area contributed by atoms with E-state index < -0.39 is 23.8 Å². The molecule has 1 aromatic carbocycles. The molecular weight excluding hydrogens is 441 g/mol. The highest BCUT2D eigenvalue weighted by molar-refractivity contribution is 6.42. The van der Waals surface area contributed by atoms with Crippen molar-refractivity contribution < 1.29 is 23.9 Å². The summed E-state index contributed by atoms with van der Waals surface area (Å²) in [6, 6.07) is 4.98. The number of allylic oxidation sites excluding steroid dienone is 3. The normalized spacial score (nSPS) is 23.5. The third-order valence-corrected chi connectivity index (χ3v) is 6.32. The van der Waals surface area contributed by atoms with Gasteiger partial charge in [-0.05, 0) is 50.8 Å². The van der Waals surface area contributed by atoms with Crippen LogP contribution in [0.1, 0.15) is 45.6 Å². The minimum absolute atomic E-state index is 0.252. The molecule has 0 unspecified atom stereocenters. The van der Waals surface area contributed by atoms with E-state index in [0.29, 0.717) is 44.6 Å². The third-order valence-electron chi connectivity index (χ3n) is 5.58. The van der Waals surface area contributed by atoms with Gasteiger partial charge in [0.15, 0.2) is 5.78 Å². The molecule has 3 atom stereocenters. The second-order valence-corrected chi connectivity index (χ2v) is 8.98. The second kappa shape index (κ2) is 9.05. The molecule has 0 saturated carbocycles. The fourth-order valence-electron chi connectivity index (χ4n) is 4.25. The van der Waals surface area contributed by atoms with E-state index in [-0.39, 0.29) is 17.8 Å². The average Bonchev–Trinajstić information content (AvgIpc) is 2.68. The smallest absolute Gasteiger partial charge is 0.337 e. The maximum atomic E-state index is 13.6. The molecule has 0 aromatic heterocycles. The molecular formula is C23H25Cl2NO5. The van der Waals surface area contributed by atoms with Crippen LogP contribution in [0.25, 0.3) is 0 Å². The van der Waals surface area contributed by atoms with E-state index in [2.05, 4.69) is 5.32 Å². The molecule has 6 nitrogen and oxygen atoms in total. The molecule has 8 heteroatoms. The number of ketones is 1. The number of hydrogen-bond acceptors (Lipinski definition) is 6. The van der Waals surface area contributed by atoms with Crippen molar-refractivity contribution in [2.75, 3.05) is 7.11 Å². The number of hydrogen-bond donors (Lipinski definition) is 1. The molecule has 0 radical (unpaired) electrons. The lowest BCUT2D eigenvalue weighted by Gasteiger charge is -2.38. The summed E-state index contributed by atoms with van der Waals surface area (Å²) in [7, 11) is 1.26. The molecule has 0 spiro atoms. The number of dihydropyridines is 1. The Morgan fingerprint density at radius 2 is 1.87 bits per heavy atom. The van der Waals surface area contributed by atoms with Gasteiger partial charge in [0.2, 0.25) is 0 Å². The fourth-order valence-corrected chi connectivity index (χ4v) is 4.56. The first-order valence-electron chi connectivity index (χ1n) is 10.1. The number of methoxy groups -OCH3 is 1. The molecule has 1 N–H and O–H groups in total. The number of carbonyl (C=O) groups excluding carboxylic acids is 3.